The van der Waals surface area contributed by atoms with E-state index in [1.165, 1.54) is 32.4 Å². The maximum atomic E-state index is 13.1. The number of hydrogen-bond donors (Lipinski definition) is 0. The van der Waals surface area contributed by atoms with Gasteiger partial charge in [-0.1, -0.05) is 41.9 Å². The lowest BCUT2D eigenvalue weighted by Gasteiger charge is -2.37. The van der Waals surface area contributed by atoms with Crippen molar-refractivity contribution in [3.63, 3.8) is 0 Å². The average Bonchev–Trinajstić information content (AvgIpc) is 3.37. The Morgan fingerprint density at radius 3 is 2.37 bits per heavy atom. The van der Waals surface area contributed by atoms with Crippen LogP contribution in [-0.4, -0.2) is 67.7 Å². The lowest BCUT2D eigenvalue weighted by atomic mass is 9.93. The van der Waals surface area contributed by atoms with E-state index < -0.39 is 10.0 Å². The number of benzene rings is 2. The summed E-state index contributed by atoms with van der Waals surface area (Å²) in [5.41, 5.74) is 2.60. The van der Waals surface area contributed by atoms with Crippen molar-refractivity contribution in [3.05, 3.63) is 87.1 Å². The zero-order valence-electron chi connectivity index (χ0n) is 19.3. The molecule has 0 N–H and O–H groups in total. The van der Waals surface area contributed by atoms with Crippen LogP contribution >= 0.6 is 22.9 Å². The van der Waals surface area contributed by atoms with E-state index in [9.17, 15) is 13.2 Å². The molecule has 2 aromatic carbocycles. The Morgan fingerprint density at radius 1 is 0.943 bits per heavy atom. The number of fused-ring (bicyclic) bond motifs is 1. The van der Waals surface area contributed by atoms with Gasteiger partial charge in [-0.3, -0.25) is 9.69 Å². The summed E-state index contributed by atoms with van der Waals surface area (Å²) in [6.45, 7) is 3.01. The minimum absolute atomic E-state index is 0.0801. The van der Waals surface area contributed by atoms with Gasteiger partial charge < -0.3 is 4.90 Å². The summed E-state index contributed by atoms with van der Waals surface area (Å²) < 4.78 is 27.3. The number of hydrogen-bond acceptors (Lipinski definition) is 5. The van der Waals surface area contributed by atoms with Gasteiger partial charge in [-0.15, -0.1) is 11.3 Å². The van der Waals surface area contributed by atoms with Crippen LogP contribution < -0.4 is 0 Å². The Kier molecular flexibility index (Phi) is 7.27. The summed E-state index contributed by atoms with van der Waals surface area (Å²) in [5, 5.41) is 2.66. The molecule has 3 heterocycles. The fourth-order valence-corrected chi connectivity index (χ4v) is 7.42. The molecule has 0 aliphatic carbocycles. The third kappa shape index (κ3) is 5.17. The molecule has 1 saturated heterocycles. The molecule has 0 radical (unpaired) electrons. The van der Waals surface area contributed by atoms with E-state index in [0.717, 1.165) is 13.0 Å². The van der Waals surface area contributed by atoms with E-state index in [1.54, 1.807) is 17.0 Å². The van der Waals surface area contributed by atoms with Crippen LogP contribution in [0.2, 0.25) is 5.02 Å². The summed E-state index contributed by atoms with van der Waals surface area (Å²) in [4.78, 5) is 18.9. The molecule has 35 heavy (non-hydrogen) atoms. The van der Waals surface area contributed by atoms with Gasteiger partial charge in [0.15, 0.2) is 0 Å². The first kappa shape index (κ1) is 24.5. The number of rotatable bonds is 6. The topological polar surface area (TPSA) is 60.9 Å². The molecule has 0 bridgehead atoms. The normalized spacial score (nSPS) is 19.5. The summed E-state index contributed by atoms with van der Waals surface area (Å²) in [6, 6.07) is 19.1. The van der Waals surface area contributed by atoms with Crippen LogP contribution in [0.5, 0.6) is 0 Å². The van der Waals surface area contributed by atoms with Crippen molar-refractivity contribution in [2.45, 2.75) is 23.8 Å². The van der Waals surface area contributed by atoms with Gasteiger partial charge in [0.25, 0.3) is 0 Å². The second-order valence-corrected chi connectivity index (χ2v) is 12.3. The monoisotopic (exact) mass is 529 g/mol. The van der Waals surface area contributed by atoms with Crippen LogP contribution in [0, 0.1) is 0 Å². The third-order valence-corrected chi connectivity index (χ3v) is 10.00. The smallest absolute Gasteiger partial charge is 0.243 e. The van der Waals surface area contributed by atoms with Gasteiger partial charge in [0.2, 0.25) is 15.9 Å². The van der Waals surface area contributed by atoms with Gasteiger partial charge in [0, 0.05) is 55.6 Å². The first-order chi connectivity index (χ1) is 16.9. The summed E-state index contributed by atoms with van der Waals surface area (Å²) in [5.74, 6) is 0.0801. The van der Waals surface area contributed by atoms with E-state index in [4.69, 9.17) is 11.6 Å². The second kappa shape index (κ2) is 10.4. The fourth-order valence-electron chi connectivity index (χ4n) is 4.97. The number of carbonyl (C=O) groups excluding carboxylic acids is 1. The predicted molar refractivity (Wildman–Crippen MR) is 139 cm³/mol. The molecule has 0 saturated carbocycles. The predicted octanol–water partition coefficient (Wildman–Crippen LogP) is 4.27. The number of nitrogens with zero attached hydrogens (tertiary/aromatic N) is 3. The van der Waals surface area contributed by atoms with Gasteiger partial charge >= 0.3 is 0 Å². The highest BCUT2D eigenvalue weighted by Crippen LogP contribution is 2.37. The van der Waals surface area contributed by atoms with E-state index in [1.807, 2.05) is 17.4 Å². The van der Waals surface area contributed by atoms with Crippen LogP contribution in [0.4, 0.5) is 0 Å². The standard InChI is InChI=1S/C26H28ClN3O3S2/c27-21-6-8-22(9-7-21)35(32,33)30-17-15-28(16-18-30)25(31)11-14-29-13-10-24-23(12-19-34-24)26(29)20-4-2-1-3-5-20/h1-9,12,19,26H,10-11,13-18H2. The van der Waals surface area contributed by atoms with Crippen molar-refractivity contribution in [1.29, 1.82) is 0 Å². The van der Waals surface area contributed by atoms with Crippen molar-refractivity contribution < 1.29 is 13.2 Å². The number of halogens is 1. The molecule has 184 valence electrons. The summed E-state index contributed by atoms with van der Waals surface area (Å²) in [6.07, 6.45) is 1.43. The molecule has 2 aliphatic rings. The molecule has 2 aliphatic heterocycles. The maximum Gasteiger partial charge on any atom is 0.243 e. The molecular weight excluding hydrogens is 502 g/mol. The van der Waals surface area contributed by atoms with Crippen molar-refractivity contribution >= 4 is 38.9 Å². The van der Waals surface area contributed by atoms with E-state index in [0.29, 0.717) is 44.2 Å². The largest absolute Gasteiger partial charge is 0.340 e. The summed E-state index contributed by atoms with van der Waals surface area (Å²) in [7, 11) is -3.59. The van der Waals surface area contributed by atoms with E-state index in [-0.39, 0.29) is 16.8 Å². The zero-order chi connectivity index (χ0) is 24.4. The minimum Gasteiger partial charge on any atom is -0.340 e. The van der Waals surface area contributed by atoms with Crippen molar-refractivity contribution in [2.75, 3.05) is 39.3 Å². The molecule has 5 rings (SSSR count). The van der Waals surface area contributed by atoms with Gasteiger partial charge in [-0.2, -0.15) is 4.31 Å². The van der Waals surface area contributed by atoms with Crippen molar-refractivity contribution in [1.82, 2.24) is 14.1 Å². The average molecular weight is 530 g/mol. The fraction of sp³-hybridized carbons (Fsp3) is 0.346. The number of thiophene rings is 1. The highest BCUT2D eigenvalue weighted by Gasteiger charge is 2.32. The highest BCUT2D eigenvalue weighted by molar-refractivity contribution is 7.89. The SMILES string of the molecule is O=C(CCN1CCc2sccc2C1c1ccccc1)N1CCN(S(=O)(=O)c2ccc(Cl)cc2)CC1. The zero-order valence-corrected chi connectivity index (χ0v) is 21.7. The van der Waals surface area contributed by atoms with Gasteiger partial charge in [0.1, 0.15) is 0 Å². The third-order valence-electron chi connectivity index (χ3n) is 6.84. The first-order valence-corrected chi connectivity index (χ1v) is 14.5. The molecule has 1 amide bonds. The molecular formula is C26H28ClN3O3S2. The Balaban J connectivity index is 1.20. The lowest BCUT2D eigenvalue weighted by Crippen LogP contribution is -2.51. The van der Waals surface area contributed by atoms with Crippen LogP contribution in [0.25, 0.3) is 0 Å². The summed E-state index contributed by atoms with van der Waals surface area (Å²) >= 11 is 7.71. The van der Waals surface area contributed by atoms with Crippen molar-refractivity contribution in [3.8, 4) is 0 Å². The molecule has 6 nitrogen and oxygen atoms in total. The van der Waals surface area contributed by atoms with Gasteiger partial charge in [0.05, 0.1) is 10.9 Å². The number of amides is 1. The van der Waals surface area contributed by atoms with Crippen LogP contribution in [-0.2, 0) is 21.2 Å². The van der Waals surface area contributed by atoms with E-state index >= 15 is 0 Å². The Bertz CT molecular complexity index is 1270. The molecule has 3 aromatic rings. The minimum atomic E-state index is -3.59. The quantitative estimate of drug-likeness (QED) is 0.478. The molecule has 0 spiro atoms. The van der Waals surface area contributed by atoms with Gasteiger partial charge in [-0.25, -0.2) is 8.42 Å². The molecule has 1 fully saturated rings. The molecule has 1 aromatic heterocycles. The van der Waals surface area contributed by atoms with Crippen LogP contribution in [0.1, 0.15) is 28.5 Å². The lowest BCUT2D eigenvalue weighted by molar-refractivity contribution is -0.132. The number of carbonyl (C=O) groups is 1. The first-order valence-electron chi connectivity index (χ1n) is 11.8. The second-order valence-electron chi connectivity index (χ2n) is 8.89. The molecule has 9 heteroatoms. The van der Waals surface area contributed by atoms with Crippen molar-refractivity contribution in [2.24, 2.45) is 0 Å². The van der Waals surface area contributed by atoms with Crippen LogP contribution in [0.15, 0.2) is 70.9 Å². The number of sulfonamides is 1. The Morgan fingerprint density at radius 2 is 1.66 bits per heavy atom. The maximum absolute atomic E-state index is 13.1. The molecule has 1 unspecified atom stereocenters. The Labute approximate surface area is 215 Å². The highest BCUT2D eigenvalue weighted by atomic mass is 35.5. The number of piperazine rings is 1. The Hall–Kier alpha value is -2.23. The van der Waals surface area contributed by atoms with Crippen LogP contribution in [0.3, 0.4) is 0 Å². The van der Waals surface area contributed by atoms with E-state index in [2.05, 4.69) is 40.6 Å². The molecule has 1 atom stereocenters. The van der Waals surface area contributed by atoms with Gasteiger partial charge in [-0.05, 0) is 53.3 Å².